The first-order valence-corrected chi connectivity index (χ1v) is 6.40. The second kappa shape index (κ2) is 6.53. The lowest BCUT2D eigenvalue weighted by Crippen LogP contribution is -1.97. The van der Waals surface area contributed by atoms with Crippen LogP contribution in [0.1, 0.15) is 11.1 Å². The molecule has 0 aromatic carbocycles. The monoisotopic (exact) mass is 325 g/mol. The largest absolute Gasteiger partial charge is 0.265 e. The van der Waals surface area contributed by atoms with Gasteiger partial charge in [0.05, 0.1) is 11.2 Å². The van der Waals surface area contributed by atoms with E-state index >= 15 is 0 Å². The molecule has 0 radical (unpaired) electrons. The first-order valence-electron chi connectivity index (χ1n) is 5.27. The lowest BCUT2D eigenvalue weighted by atomic mass is 10.3. The number of rotatable bonds is 3. The quantitative estimate of drug-likeness (QED) is 0.529. The molecule has 0 aliphatic rings. The van der Waals surface area contributed by atoms with E-state index in [4.69, 9.17) is 40.1 Å². The summed E-state index contributed by atoms with van der Waals surface area (Å²) in [5, 5.41) is 12.9. The van der Waals surface area contributed by atoms with E-state index in [1.807, 2.05) is 6.07 Å². The second-order valence-corrected chi connectivity index (χ2v) is 4.63. The van der Waals surface area contributed by atoms with Crippen LogP contribution in [0.5, 0.6) is 0 Å². The zero-order chi connectivity index (χ0) is 14.5. The maximum absolute atomic E-state index is 8.87. The Morgan fingerprint density at radius 1 is 1.20 bits per heavy atom. The smallest absolute Gasteiger partial charge is 0.168 e. The summed E-state index contributed by atoms with van der Waals surface area (Å²) in [6.45, 7) is 0. The predicted octanol–water partition coefficient (Wildman–Crippen LogP) is 3.75. The molecule has 8 heteroatoms. The van der Waals surface area contributed by atoms with Gasteiger partial charge in [0, 0.05) is 12.4 Å². The first kappa shape index (κ1) is 14.5. The number of nitrogens with zero attached hydrogens (tertiary/aromatic N) is 4. The molecule has 0 unspecified atom stereocenters. The van der Waals surface area contributed by atoms with Crippen LogP contribution in [0.15, 0.2) is 29.6 Å². The molecule has 0 amide bonds. The molecule has 0 fully saturated rings. The normalized spacial score (nSPS) is 10.5. The summed E-state index contributed by atoms with van der Waals surface area (Å²) < 4.78 is 0. The van der Waals surface area contributed by atoms with Gasteiger partial charge in [-0.15, -0.1) is 0 Å². The number of aromatic nitrogens is 2. The van der Waals surface area contributed by atoms with E-state index in [0.717, 1.165) is 5.56 Å². The molecule has 0 aliphatic heterocycles. The van der Waals surface area contributed by atoms with Crippen molar-refractivity contribution >= 4 is 46.8 Å². The molecule has 20 heavy (non-hydrogen) atoms. The molecule has 0 bridgehead atoms. The van der Waals surface area contributed by atoms with E-state index in [9.17, 15) is 0 Å². The number of anilines is 1. The number of hydrogen-bond acceptors (Lipinski definition) is 5. The number of hydrogen-bond donors (Lipinski definition) is 1. The Balaban J connectivity index is 2.23. The Morgan fingerprint density at radius 3 is 2.55 bits per heavy atom. The highest BCUT2D eigenvalue weighted by Crippen LogP contribution is 2.34. The third kappa shape index (κ3) is 3.17. The van der Waals surface area contributed by atoms with Crippen molar-refractivity contribution in [2.24, 2.45) is 5.10 Å². The van der Waals surface area contributed by atoms with Crippen LogP contribution in [0, 0.1) is 11.3 Å². The fraction of sp³-hybridized carbons (Fsp3) is 0. The molecular formula is C12H6Cl3N5. The standard InChI is InChI=1S/C12H6Cl3N5/c13-9-8(5-16)11(15)19-12(10(9)14)20-18-6-7-1-3-17-4-2-7/h1-4,6H,(H,19,20)/b18-6-. The number of nitrogens with one attached hydrogen (secondary N) is 1. The van der Waals surface area contributed by atoms with Crippen molar-refractivity contribution < 1.29 is 0 Å². The first-order chi connectivity index (χ1) is 9.63. The molecule has 0 saturated heterocycles. The number of halogens is 3. The van der Waals surface area contributed by atoms with Crippen LogP contribution in [0.2, 0.25) is 15.2 Å². The van der Waals surface area contributed by atoms with Gasteiger partial charge in [0.15, 0.2) is 11.0 Å². The van der Waals surface area contributed by atoms with Crippen LogP contribution in [0.3, 0.4) is 0 Å². The predicted molar refractivity (Wildman–Crippen MR) is 79.4 cm³/mol. The second-order valence-electron chi connectivity index (χ2n) is 3.52. The highest BCUT2D eigenvalue weighted by Gasteiger charge is 2.15. The third-order valence-corrected chi connectivity index (χ3v) is 3.35. The molecular weight excluding hydrogens is 321 g/mol. The van der Waals surface area contributed by atoms with Crippen LogP contribution < -0.4 is 5.43 Å². The number of pyridine rings is 2. The van der Waals surface area contributed by atoms with E-state index < -0.39 is 0 Å². The van der Waals surface area contributed by atoms with Gasteiger partial charge in [0.2, 0.25) is 0 Å². The highest BCUT2D eigenvalue weighted by atomic mass is 35.5. The van der Waals surface area contributed by atoms with Crippen molar-refractivity contribution in [3.05, 3.63) is 50.9 Å². The van der Waals surface area contributed by atoms with Gasteiger partial charge in [-0.1, -0.05) is 34.8 Å². The molecule has 5 nitrogen and oxygen atoms in total. The maximum atomic E-state index is 8.87. The van der Waals surface area contributed by atoms with Gasteiger partial charge >= 0.3 is 0 Å². The Bertz CT molecular complexity index is 694. The van der Waals surface area contributed by atoms with Gasteiger partial charge in [0.25, 0.3) is 0 Å². The Kier molecular flexibility index (Phi) is 4.74. The molecule has 2 heterocycles. The van der Waals surface area contributed by atoms with Crippen LogP contribution in [-0.4, -0.2) is 16.2 Å². The highest BCUT2D eigenvalue weighted by molar-refractivity contribution is 6.45. The van der Waals surface area contributed by atoms with Crippen LogP contribution in [0.4, 0.5) is 5.82 Å². The summed E-state index contributed by atoms with van der Waals surface area (Å²) in [4.78, 5) is 7.81. The van der Waals surface area contributed by atoms with Gasteiger partial charge in [-0.25, -0.2) is 4.98 Å². The van der Waals surface area contributed by atoms with E-state index in [1.165, 1.54) is 0 Å². The topological polar surface area (TPSA) is 74.0 Å². The third-order valence-electron chi connectivity index (χ3n) is 2.24. The average molecular weight is 327 g/mol. The minimum atomic E-state index is -0.0384. The SMILES string of the molecule is N#Cc1c(Cl)nc(N/N=C\c2ccncc2)c(Cl)c1Cl. The summed E-state index contributed by atoms with van der Waals surface area (Å²) in [5.41, 5.74) is 3.49. The van der Waals surface area contributed by atoms with E-state index in [-0.39, 0.29) is 26.6 Å². The fourth-order valence-corrected chi connectivity index (χ4v) is 1.96. The minimum absolute atomic E-state index is 0.0296. The zero-order valence-corrected chi connectivity index (χ0v) is 12.1. The van der Waals surface area contributed by atoms with Crippen molar-refractivity contribution in [2.75, 3.05) is 5.43 Å². The summed E-state index contributed by atoms with van der Waals surface area (Å²) in [6.07, 6.45) is 4.84. The van der Waals surface area contributed by atoms with Gasteiger partial charge in [0.1, 0.15) is 16.7 Å². The lowest BCUT2D eigenvalue weighted by Gasteiger charge is -2.06. The molecule has 0 spiro atoms. The van der Waals surface area contributed by atoms with Crippen LogP contribution in [-0.2, 0) is 0 Å². The Morgan fingerprint density at radius 2 is 1.90 bits per heavy atom. The summed E-state index contributed by atoms with van der Waals surface area (Å²) in [6, 6.07) is 5.38. The van der Waals surface area contributed by atoms with Crippen LogP contribution in [0.25, 0.3) is 0 Å². The van der Waals surface area contributed by atoms with Crippen molar-refractivity contribution in [1.82, 2.24) is 9.97 Å². The molecule has 2 rings (SSSR count). The molecule has 0 saturated carbocycles. The van der Waals surface area contributed by atoms with Gasteiger partial charge < -0.3 is 0 Å². The van der Waals surface area contributed by atoms with Crippen molar-refractivity contribution in [3.8, 4) is 6.07 Å². The lowest BCUT2D eigenvalue weighted by molar-refractivity contribution is 1.22. The van der Waals surface area contributed by atoms with Crippen molar-refractivity contribution in [3.63, 3.8) is 0 Å². The van der Waals surface area contributed by atoms with E-state index in [1.54, 1.807) is 30.7 Å². The summed E-state index contributed by atoms with van der Waals surface area (Å²) >= 11 is 17.7. The fourth-order valence-electron chi connectivity index (χ4n) is 1.29. The van der Waals surface area contributed by atoms with E-state index in [0.29, 0.717) is 0 Å². The molecule has 0 atom stereocenters. The van der Waals surface area contributed by atoms with E-state index in [2.05, 4.69) is 20.5 Å². The van der Waals surface area contributed by atoms with Gasteiger partial charge in [-0.05, 0) is 17.7 Å². The van der Waals surface area contributed by atoms with Crippen LogP contribution >= 0.6 is 34.8 Å². The summed E-state index contributed by atoms with van der Waals surface area (Å²) in [7, 11) is 0. The van der Waals surface area contributed by atoms with Crippen molar-refractivity contribution in [1.29, 1.82) is 5.26 Å². The Hall–Kier alpha value is -1.87. The van der Waals surface area contributed by atoms with Gasteiger partial charge in [-0.3, -0.25) is 10.4 Å². The Labute approximate surface area is 129 Å². The molecule has 0 aliphatic carbocycles. The average Bonchev–Trinajstić information content (AvgIpc) is 2.46. The molecule has 2 aromatic heterocycles. The minimum Gasteiger partial charge on any atom is -0.265 e. The number of nitriles is 1. The maximum Gasteiger partial charge on any atom is 0.168 e. The molecule has 100 valence electrons. The van der Waals surface area contributed by atoms with Crippen molar-refractivity contribution in [2.45, 2.75) is 0 Å². The zero-order valence-electron chi connectivity index (χ0n) is 9.81. The molecule has 1 N–H and O–H groups in total. The number of hydrazone groups is 1. The molecule has 2 aromatic rings. The van der Waals surface area contributed by atoms with Gasteiger partial charge in [-0.2, -0.15) is 10.4 Å². The summed E-state index contributed by atoms with van der Waals surface area (Å²) in [5.74, 6) is 0.172.